The molecule has 1 aromatic carbocycles. The molecule has 3 heteroatoms. The smallest absolute Gasteiger partial charge is 0.117 e. The number of benzene rings is 1. The van der Waals surface area contributed by atoms with E-state index in [1.807, 2.05) is 18.3 Å². The second-order valence-electron chi connectivity index (χ2n) is 5.56. The number of fused-ring (bicyclic) bond motifs is 1. The minimum atomic E-state index is -1.16. The lowest BCUT2D eigenvalue weighted by atomic mass is 10.1. The van der Waals surface area contributed by atoms with Gasteiger partial charge in [-0.2, -0.15) is 0 Å². The van der Waals surface area contributed by atoms with Crippen molar-refractivity contribution in [1.82, 2.24) is 10.3 Å². The standard InChI is InChI=1S/C15H21FN2/c1-11(18-10-15(2,3)16)8-12-9-17-14-7-5-4-6-13(12)14/h4-7,9,11,17-18H,8,10H2,1-3H3. The van der Waals surface area contributed by atoms with Gasteiger partial charge >= 0.3 is 0 Å². The van der Waals surface area contributed by atoms with Gasteiger partial charge in [0.2, 0.25) is 0 Å². The third-order valence-electron chi connectivity index (χ3n) is 3.07. The predicted molar refractivity (Wildman–Crippen MR) is 74.7 cm³/mol. The van der Waals surface area contributed by atoms with Crippen LogP contribution < -0.4 is 5.32 Å². The molecular weight excluding hydrogens is 227 g/mol. The molecule has 0 amide bonds. The Kier molecular flexibility index (Phi) is 3.71. The van der Waals surface area contributed by atoms with Gasteiger partial charge in [0.05, 0.1) is 0 Å². The molecule has 0 aliphatic carbocycles. The molecule has 0 saturated carbocycles. The zero-order valence-electron chi connectivity index (χ0n) is 11.3. The van der Waals surface area contributed by atoms with E-state index in [9.17, 15) is 4.39 Å². The number of aromatic amines is 1. The van der Waals surface area contributed by atoms with Crippen LogP contribution in [0.1, 0.15) is 26.3 Å². The number of H-pyrrole nitrogens is 1. The van der Waals surface area contributed by atoms with Crippen LogP contribution in [0.4, 0.5) is 4.39 Å². The van der Waals surface area contributed by atoms with E-state index in [1.165, 1.54) is 10.9 Å². The average Bonchev–Trinajstić information content (AvgIpc) is 2.70. The summed E-state index contributed by atoms with van der Waals surface area (Å²) in [6.07, 6.45) is 2.95. The molecule has 1 aromatic heterocycles. The fraction of sp³-hybridized carbons (Fsp3) is 0.467. The molecule has 1 atom stereocenters. The molecule has 0 fully saturated rings. The number of alkyl halides is 1. The number of para-hydroxylation sites is 1. The van der Waals surface area contributed by atoms with Crippen LogP contribution >= 0.6 is 0 Å². The molecule has 0 saturated heterocycles. The molecule has 0 bridgehead atoms. The van der Waals surface area contributed by atoms with E-state index >= 15 is 0 Å². The summed E-state index contributed by atoms with van der Waals surface area (Å²) in [5.74, 6) is 0. The van der Waals surface area contributed by atoms with E-state index in [1.54, 1.807) is 13.8 Å². The number of rotatable bonds is 5. The van der Waals surface area contributed by atoms with Gasteiger partial charge in [0.1, 0.15) is 5.67 Å². The highest BCUT2D eigenvalue weighted by molar-refractivity contribution is 5.83. The van der Waals surface area contributed by atoms with Crippen molar-refractivity contribution in [2.75, 3.05) is 6.54 Å². The third-order valence-corrected chi connectivity index (χ3v) is 3.07. The van der Waals surface area contributed by atoms with Crippen LogP contribution in [0.15, 0.2) is 30.5 Å². The number of nitrogens with one attached hydrogen (secondary N) is 2. The van der Waals surface area contributed by atoms with E-state index in [4.69, 9.17) is 0 Å². The maximum atomic E-state index is 13.4. The first-order chi connectivity index (χ1) is 8.46. The second kappa shape index (κ2) is 5.11. The second-order valence-corrected chi connectivity index (χ2v) is 5.56. The molecule has 98 valence electrons. The molecule has 2 N–H and O–H groups in total. The highest BCUT2D eigenvalue weighted by atomic mass is 19.1. The Morgan fingerprint density at radius 2 is 2.06 bits per heavy atom. The van der Waals surface area contributed by atoms with Gasteiger partial charge in [-0.05, 0) is 38.8 Å². The van der Waals surface area contributed by atoms with Gasteiger partial charge in [-0.3, -0.25) is 0 Å². The summed E-state index contributed by atoms with van der Waals surface area (Å²) in [6.45, 7) is 5.67. The van der Waals surface area contributed by atoms with Crippen molar-refractivity contribution in [3.8, 4) is 0 Å². The van der Waals surface area contributed by atoms with Gasteiger partial charge in [-0.1, -0.05) is 18.2 Å². The third kappa shape index (κ3) is 3.33. The van der Waals surface area contributed by atoms with Gasteiger partial charge in [-0.15, -0.1) is 0 Å². The molecule has 0 aliphatic rings. The molecule has 18 heavy (non-hydrogen) atoms. The van der Waals surface area contributed by atoms with Gasteiger partial charge < -0.3 is 10.3 Å². The van der Waals surface area contributed by atoms with Gasteiger partial charge in [-0.25, -0.2) is 4.39 Å². The van der Waals surface area contributed by atoms with Crippen molar-refractivity contribution < 1.29 is 4.39 Å². The number of hydrogen-bond donors (Lipinski definition) is 2. The van der Waals surface area contributed by atoms with Crippen molar-refractivity contribution in [2.45, 2.75) is 38.9 Å². The predicted octanol–water partition coefficient (Wildman–Crippen LogP) is 3.44. The van der Waals surface area contributed by atoms with Crippen LogP contribution in [-0.2, 0) is 6.42 Å². The number of aromatic nitrogens is 1. The lowest BCUT2D eigenvalue weighted by Gasteiger charge is -2.19. The Labute approximate surface area is 108 Å². The van der Waals surface area contributed by atoms with Crippen LogP contribution in [0, 0.1) is 0 Å². The molecule has 1 heterocycles. The van der Waals surface area contributed by atoms with Crippen molar-refractivity contribution in [1.29, 1.82) is 0 Å². The molecule has 0 spiro atoms. The van der Waals surface area contributed by atoms with Crippen LogP contribution in [-0.4, -0.2) is 23.2 Å². The quantitative estimate of drug-likeness (QED) is 0.833. The summed E-state index contributed by atoms with van der Waals surface area (Å²) in [5.41, 5.74) is 1.28. The molecule has 0 aliphatic heterocycles. The Hall–Kier alpha value is -1.35. The van der Waals surface area contributed by atoms with E-state index in [0.717, 1.165) is 11.9 Å². The van der Waals surface area contributed by atoms with Crippen LogP contribution in [0.3, 0.4) is 0 Å². The maximum Gasteiger partial charge on any atom is 0.117 e. The lowest BCUT2D eigenvalue weighted by Crippen LogP contribution is -2.37. The number of hydrogen-bond acceptors (Lipinski definition) is 1. The van der Waals surface area contributed by atoms with Crippen molar-refractivity contribution in [3.63, 3.8) is 0 Å². The maximum absolute atomic E-state index is 13.4. The molecule has 0 radical (unpaired) electrons. The normalized spacial score (nSPS) is 14.0. The summed E-state index contributed by atoms with van der Waals surface area (Å²) < 4.78 is 13.4. The van der Waals surface area contributed by atoms with Crippen molar-refractivity contribution in [3.05, 3.63) is 36.0 Å². The minimum Gasteiger partial charge on any atom is -0.361 e. The molecular formula is C15H21FN2. The van der Waals surface area contributed by atoms with E-state index < -0.39 is 5.67 Å². The van der Waals surface area contributed by atoms with Gasteiger partial charge in [0, 0.05) is 29.7 Å². The Morgan fingerprint density at radius 1 is 1.33 bits per heavy atom. The summed E-state index contributed by atoms with van der Waals surface area (Å²) >= 11 is 0. The molecule has 2 rings (SSSR count). The lowest BCUT2D eigenvalue weighted by molar-refractivity contribution is 0.204. The summed E-state index contributed by atoms with van der Waals surface area (Å²) in [4.78, 5) is 3.26. The Balaban J connectivity index is 2.01. The van der Waals surface area contributed by atoms with E-state index in [2.05, 4.69) is 29.4 Å². The Bertz CT molecular complexity index is 510. The topological polar surface area (TPSA) is 27.8 Å². The number of halogens is 1. The fourth-order valence-electron chi connectivity index (χ4n) is 2.12. The van der Waals surface area contributed by atoms with Crippen molar-refractivity contribution in [2.24, 2.45) is 0 Å². The molecule has 1 unspecified atom stereocenters. The van der Waals surface area contributed by atoms with Crippen LogP contribution in [0.2, 0.25) is 0 Å². The van der Waals surface area contributed by atoms with Crippen LogP contribution in [0.25, 0.3) is 10.9 Å². The highest BCUT2D eigenvalue weighted by Crippen LogP contribution is 2.19. The first-order valence-corrected chi connectivity index (χ1v) is 6.43. The summed E-state index contributed by atoms with van der Waals surface area (Å²) in [5, 5.41) is 4.49. The van der Waals surface area contributed by atoms with Crippen LogP contribution in [0.5, 0.6) is 0 Å². The Morgan fingerprint density at radius 3 is 2.78 bits per heavy atom. The molecule has 2 nitrogen and oxygen atoms in total. The summed E-state index contributed by atoms with van der Waals surface area (Å²) in [7, 11) is 0. The zero-order valence-corrected chi connectivity index (χ0v) is 11.3. The average molecular weight is 248 g/mol. The van der Waals surface area contributed by atoms with Gasteiger partial charge in [0.15, 0.2) is 0 Å². The minimum absolute atomic E-state index is 0.263. The largest absolute Gasteiger partial charge is 0.361 e. The molecule has 2 aromatic rings. The monoisotopic (exact) mass is 248 g/mol. The fourth-order valence-corrected chi connectivity index (χ4v) is 2.12. The van der Waals surface area contributed by atoms with Gasteiger partial charge in [0.25, 0.3) is 0 Å². The highest BCUT2D eigenvalue weighted by Gasteiger charge is 2.16. The van der Waals surface area contributed by atoms with E-state index in [-0.39, 0.29) is 6.04 Å². The summed E-state index contributed by atoms with van der Waals surface area (Å²) in [6, 6.07) is 8.52. The first-order valence-electron chi connectivity index (χ1n) is 6.43. The SMILES string of the molecule is CC(Cc1c[nH]c2ccccc12)NCC(C)(C)F. The zero-order chi connectivity index (χ0) is 13.2. The van der Waals surface area contributed by atoms with Crippen molar-refractivity contribution >= 4 is 10.9 Å². The first kappa shape index (κ1) is 13.1. The van der Waals surface area contributed by atoms with E-state index in [0.29, 0.717) is 6.54 Å².